The summed E-state index contributed by atoms with van der Waals surface area (Å²) in [4.78, 5) is 41.1. The Labute approximate surface area is 322 Å². The lowest BCUT2D eigenvalue weighted by Gasteiger charge is -2.62. The van der Waals surface area contributed by atoms with Crippen molar-refractivity contribution in [2.24, 2.45) is 32.5 Å². The van der Waals surface area contributed by atoms with Crippen LogP contribution in [0.4, 0.5) is 0 Å². The molecule has 0 radical (unpaired) electrons. The van der Waals surface area contributed by atoms with Gasteiger partial charge < -0.3 is 19.3 Å². The molecule has 0 fully saturated rings. The number of esters is 2. The normalized spacial score (nSPS) is 16.5. The van der Waals surface area contributed by atoms with E-state index in [9.17, 15) is 22.8 Å². The highest BCUT2D eigenvalue weighted by atomic mass is 32.2. The zero-order valence-electron chi connectivity index (χ0n) is 34.5. The number of quaternary nitrogens is 1. The monoisotopic (exact) mass is 783 g/mol. The molecular formula is C38H75N2O8S3+. The number of thiol groups is 2. The predicted molar refractivity (Wildman–Crippen MR) is 215 cm³/mol. The van der Waals surface area contributed by atoms with Crippen molar-refractivity contribution in [3.8, 4) is 0 Å². The quantitative estimate of drug-likeness (QED) is 0.0280. The summed E-state index contributed by atoms with van der Waals surface area (Å²) in [5, 5.41) is 3.18. The van der Waals surface area contributed by atoms with Gasteiger partial charge in [0.2, 0.25) is 5.91 Å². The Bertz CT molecular complexity index is 1240. The molecule has 302 valence electrons. The molecule has 0 aromatic carbocycles. The number of carbonyl (C=O) groups is 3. The van der Waals surface area contributed by atoms with Crippen molar-refractivity contribution in [2.75, 3.05) is 58.4 Å². The molecule has 0 aliphatic rings. The van der Waals surface area contributed by atoms with Crippen LogP contribution in [0.2, 0.25) is 0 Å². The van der Waals surface area contributed by atoms with Gasteiger partial charge in [-0.1, -0.05) is 75.7 Å². The summed E-state index contributed by atoms with van der Waals surface area (Å²) in [5.74, 6) is -0.340. The summed E-state index contributed by atoms with van der Waals surface area (Å²) >= 11 is 8.79. The van der Waals surface area contributed by atoms with Gasteiger partial charge in [0.25, 0.3) is 10.1 Å². The van der Waals surface area contributed by atoms with Crippen LogP contribution < -0.4 is 5.32 Å². The number of rotatable bonds is 23. The van der Waals surface area contributed by atoms with Crippen LogP contribution >= 0.6 is 25.3 Å². The smallest absolute Gasteiger partial charge is 0.313 e. The van der Waals surface area contributed by atoms with Crippen LogP contribution in [0, 0.1) is 32.5 Å². The topological polar surface area (TPSA) is 136 Å². The van der Waals surface area contributed by atoms with E-state index in [2.05, 4.69) is 51.3 Å². The number of hydrogen-bond acceptors (Lipinski definition) is 9. The summed E-state index contributed by atoms with van der Waals surface area (Å²) in [6.45, 7) is 25.7. The first kappa shape index (κ1) is 50.0. The van der Waals surface area contributed by atoms with Crippen molar-refractivity contribution >= 4 is 53.2 Å². The van der Waals surface area contributed by atoms with Gasteiger partial charge >= 0.3 is 11.9 Å². The number of nitrogens with one attached hydrogen (secondary N) is 1. The fraction of sp³-hybridized carbons (Fsp3) is 0.921. The van der Waals surface area contributed by atoms with Crippen LogP contribution in [0.15, 0.2) is 0 Å². The van der Waals surface area contributed by atoms with Gasteiger partial charge in [-0.2, -0.15) is 33.7 Å². The van der Waals surface area contributed by atoms with Gasteiger partial charge in [-0.05, 0) is 66.9 Å². The molecule has 0 spiro atoms. The van der Waals surface area contributed by atoms with E-state index >= 15 is 0 Å². The fourth-order valence-electron chi connectivity index (χ4n) is 7.28. The van der Waals surface area contributed by atoms with E-state index in [0.29, 0.717) is 35.7 Å². The molecule has 0 saturated heterocycles. The van der Waals surface area contributed by atoms with Gasteiger partial charge in [0.05, 0.1) is 43.8 Å². The minimum atomic E-state index is -4.04. The number of nitrogens with zero attached hydrogens (tertiary/aromatic N) is 1. The van der Waals surface area contributed by atoms with Gasteiger partial charge in [-0.15, -0.1) is 0 Å². The summed E-state index contributed by atoms with van der Waals surface area (Å²) < 4.78 is 43.9. The number of unbranched alkanes of at least 4 members (excludes halogenated alkanes) is 1. The molecule has 0 rings (SSSR count). The van der Waals surface area contributed by atoms with Gasteiger partial charge in [-0.25, -0.2) is 0 Å². The highest BCUT2D eigenvalue weighted by molar-refractivity contribution is 7.85. The highest BCUT2D eigenvalue weighted by Gasteiger charge is 2.67. The summed E-state index contributed by atoms with van der Waals surface area (Å²) in [7, 11) is -0.194. The molecule has 0 saturated carbocycles. The van der Waals surface area contributed by atoms with E-state index in [-0.39, 0.29) is 55.2 Å². The molecule has 2 N–H and O–H groups in total. The van der Waals surface area contributed by atoms with Crippen molar-refractivity contribution in [3.05, 3.63) is 0 Å². The third kappa shape index (κ3) is 15.0. The Morgan fingerprint density at radius 1 is 0.784 bits per heavy atom. The Morgan fingerprint density at radius 2 is 1.33 bits per heavy atom. The second kappa shape index (κ2) is 19.5. The van der Waals surface area contributed by atoms with Crippen molar-refractivity contribution in [1.29, 1.82) is 0 Å². The Morgan fingerprint density at radius 3 is 1.82 bits per heavy atom. The molecular weight excluding hydrogens is 709 g/mol. The van der Waals surface area contributed by atoms with Crippen LogP contribution in [0.3, 0.4) is 0 Å². The van der Waals surface area contributed by atoms with E-state index in [1.165, 1.54) is 0 Å². The molecule has 0 aliphatic carbocycles. The molecule has 3 atom stereocenters. The van der Waals surface area contributed by atoms with E-state index < -0.39 is 37.2 Å². The number of carbonyl (C=O) groups excluding carboxylic acids is 3. The Kier molecular flexibility index (Phi) is 19.1. The highest BCUT2D eigenvalue weighted by Crippen LogP contribution is 2.66. The molecule has 0 aliphatic heterocycles. The zero-order chi connectivity index (χ0) is 40.3. The van der Waals surface area contributed by atoms with Crippen LogP contribution in [-0.2, 0) is 34.0 Å². The van der Waals surface area contributed by atoms with Crippen LogP contribution in [0.25, 0.3) is 0 Å². The lowest BCUT2D eigenvalue weighted by atomic mass is 9.41. The summed E-state index contributed by atoms with van der Waals surface area (Å²) in [6.07, 6.45) is 4.75. The van der Waals surface area contributed by atoms with Gasteiger partial charge in [0.15, 0.2) is 0 Å². The third-order valence-corrected chi connectivity index (χ3v) is 13.4. The molecule has 0 bridgehead atoms. The average Bonchev–Trinajstić information content (AvgIpc) is 2.94. The van der Waals surface area contributed by atoms with Crippen molar-refractivity contribution in [2.45, 2.75) is 133 Å². The molecule has 13 heteroatoms. The maximum absolute atomic E-state index is 14.3. The standard InChI is InChI=1S/C38H74N2O8S3/c1-33(2,3)28-37(11,31(42)47-24-21-39-30(41)19-16-15-18-29(50)20-26-49)35(7,8)36(9,10)38(12,34(4,5)6)32(43)48-25-23-40(13,14)22-17-27-51(44,45)46/h29H,15-28H2,1-14H3,(H3-,39,41,44,45,46,49,50)/p+1. The number of ether oxygens (including phenoxy) is 2. The van der Waals surface area contributed by atoms with Crippen LogP contribution in [-0.4, -0.2) is 99.0 Å². The van der Waals surface area contributed by atoms with Gasteiger partial charge in [0.1, 0.15) is 19.8 Å². The van der Waals surface area contributed by atoms with E-state index in [1.54, 1.807) is 0 Å². The van der Waals surface area contributed by atoms with E-state index in [1.807, 2.05) is 76.4 Å². The number of likely N-dealkylation sites (N-methyl/N-ethyl adjacent to an activating group) is 1. The first-order valence-electron chi connectivity index (χ1n) is 18.5. The summed E-state index contributed by atoms with van der Waals surface area (Å²) in [5.41, 5.74) is -4.57. The maximum Gasteiger partial charge on any atom is 0.313 e. The molecule has 0 heterocycles. The first-order valence-corrected chi connectivity index (χ1v) is 21.2. The largest absolute Gasteiger partial charge is 0.463 e. The predicted octanol–water partition coefficient (Wildman–Crippen LogP) is 7.27. The van der Waals surface area contributed by atoms with E-state index in [4.69, 9.17) is 14.0 Å². The van der Waals surface area contributed by atoms with Gasteiger partial charge in [-0.3, -0.25) is 18.9 Å². The molecule has 1 amide bonds. The summed E-state index contributed by atoms with van der Waals surface area (Å²) in [6, 6.07) is 0. The fourth-order valence-corrected chi connectivity index (χ4v) is 8.60. The van der Waals surface area contributed by atoms with Gasteiger partial charge in [0, 0.05) is 18.1 Å². The molecule has 0 aromatic heterocycles. The van der Waals surface area contributed by atoms with Crippen molar-refractivity contribution < 1.29 is 41.3 Å². The van der Waals surface area contributed by atoms with Crippen molar-refractivity contribution in [1.82, 2.24) is 5.32 Å². The molecule has 0 aromatic rings. The average molecular weight is 784 g/mol. The van der Waals surface area contributed by atoms with Crippen molar-refractivity contribution in [3.63, 3.8) is 0 Å². The molecule has 3 unspecified atom stereocenters. The second-order valence-electron chi connectivity index (χ2n) is 18.8. The van der Waals surface area contributed by atoms with Crippen LogP contribution in [0.1, 0.15) is 128 Å². The number of hydrogen-bond donors (Lipinski definition) is 4. The Hall–Kier alpha value is -1.02. The lowest BCUT2D eigenvalue weighted by Crippen LogP contribution is -2.63. The second-order valence-corrected chi connectivity index (χ2v) is 21.5. The SMILES string of the molecule is CC(C)(C)CC(C)(C(=O)OCCNC(=O)CCCCC(S)CCS)C(C)(C)C(C)(C)C(C)(C(=O)OCC[N+](C)(C)CCCS(=O)(=O)O)C(C)(C)C. The first-order chi connectivity index (χ1) is 22.8. The minimum absolute atomic E-state index is 0.0400. The molecule has 10 nitrogen and oxygen atoms in total. The minimum Gasteiger partial charge on any atom is -0.463 e. The zero-order valence-corrected chi connectivity index (χ0v) is 37.1. The Balaban J connectivity index is 6.03. The number of amides is 1. The van der Waals surface area contributed by atoms with Crippen LogP contribution in [0.5, 0.6) is 0 Å². The third-order valence-electron chi connectivity index (χ3n) is 11.8. The maximum atomic E-state index is 14.3. The molecule has 51 heavy (non-hydrogen) atoms. The van der Waals surface area contributed by atoms with E-state index in [0.717, 1.165) is 31.4 Å². The lowest BCUT2D eigenvalue weighted by molar-refractivity contribution is -0.890.